The lowest BCUT2D eigenvalue weighted by atomic mass is 9.88. The lowest BCUT2D eigenvalue weighted by Gasteiger charge is -2.14. The number of para-hydroxylation sites is 1. The summed E-state index contributed by atoms with van der Waals surface area (Å²) in [6.45, 7) is 0. The highest BCUT2D eigenvalue weighted by Gasteiger charge is 2.30. The first-order valence-corrected chi connectivity index (χ1v) is 49.3. The second kappa shape index (κ2) is 32.5. The van der Waals surface area contributed by atoms with Crippen LogP contribution in [0.4, 0.5) is 0 Å². The van der Waals surface area contributed by atoms with Crippen LogP contribution in [-0.2, 0) is 0 Å². The molecule has 6 aromatic heterocycles. The summed E-state index contributed by atoms with van der Waals surface area (Å²) in [5, 5.41) is 32.1. The van der Waals surface area contributed by atoms with Crippen molar-refractivity contribution in [2.24, 2.45) is 0 Å². The molecule has 0 aliphatic heterocycles. The third-order valence-corrected chi connectivity index (χ3v) is 29.7. The fourth-order valence-electron chi connectivity index (χ4n) is 23.3. The molecule has 145 heavy (non-hydrogen) atoms. The van der Waals surface area contributed by atoms with Crippen LogP contribution in [0.5, 0.6) is 0 Å². The van der Waals surface area contributed by atoms with Gasteiger partial charge in [0.05, 0.1) is 44.3 Å². The maximum Gasteiger partial charge on any atom is 0.235 e. The van der Waals surface area contributed by atoms with Crippen LogP contribution in [0.1, 0.15) is 0 Å². The van der Waals surface area contributed by atoms with E-state index in [0.29, 0.717) is 40.9 Å². The Morgan fingerprint density at radius 1 is 0.131 bits per heavy atom. The molecule has 670 valence electrons. The highest BCUT2D eigenvalue weighted by molar-refractivity contribution is 6.44. The van der Waals surface area contributed by atoms with Crippen molar-refractivity contribution < 1.29 is 0 Å². The van der Waals surface area contributed by atoms with Crippen molar-refractivity contribution in [2.45, 2.75) is 0 Å². The fourth-order valence-corrected chi connectivity index (χ4v) is 23.3. The van der Waals surface area contributed by atoms with Crippen molar-refractivity contribution in [3.8, 4) is 130 Å². The van der Waals surface area contributed by atoms with E-state index in [-0.39, 0.29) is 0 Å². The first kappa shape index (κ1) is 81.4. The van der Waals surface area contributed by atoms with Crippen molar-refractivity contribution in [1.82, 2.24) is 53.6 Å². The lowest BCUT2D eigenvalue weighted by molar-refractivity contribution is 1.01. The zero-order valence-electron chi connectivity index (χ0n) is 78.0. The van der Waals surface area contributed by atoms with E-state index in [0.717, 1.165) is 77.9 Å². The summed E-state index contributed by atoms with van der Waals surface area (Å²) in [6, 6.07) is 170. The molecule has 0 saturated heterocycles. The molecular formula is C134H79N11. The third kappa shape index (κ3) is 12.9. The van der Waals surface area contributed by atoms with Crippen LogP contribution < -0.4 is 0 Å². The first-order valence-electron chi connectivity index (χ1n) is 49.3. The fraction of sp³-hybridized carbons (Fsp3) is 0. The van der Waals surface area contributed by atoms with Gasteiger partial charge in [-0.2, -0.15) is 0 Å². The minimum Gasteiger partial charge on any atom is -0.309 e. The molecule has 32 rings (SSSR count). The summed E-state index contributed by atoms with van der Waals surface area (Å²) in [4.78, 5) is 40.4. The molecule has 0 spiro atoms. The molecule has 0 aliphatic carbocycles. The summed E-state index contributed by atoms with van der Waals surface area (Å²) in [5.41, 5.74) is 25.0. The Morgan fingerprint density at radius 2 is 0.414 bits per heavy atom. The summed E-state index contributed by atoms with van der Waals surface area (Å²) in [5.74, 6) is 4.58. The Bertz CT molecular complexity index is 10600. The summed E-state index contributed by atoms with van der Waals surface area (Å²) < 4.78 is 7.17. The van der Waals surface area contributed by atoms with Crippen LogP contribution >= 0.6 is 0 Å². The van der Waals surface area contributed by atoms with Gasteiger partial charge in [0.1, 0.15) is 0 Å². The highest BCUT2D eigenvalue weighted by Crippen LogP contribution is 2.54. The smallest absolute Gasteiger partial charge is 0.235 e. The Balaban J connectivity index is 0.000000101. The zero-order chi connectivity index (χ0) is 95.0. The second-order valence-corrected chi connectivity index (χ2v) is 37.9. The van der Waals surface area contributed by atoms with Crippen LogP contribution in [0.25, 0.3) is 304 Å². The van der Waals surface area contributed by atoms with Gasteiger partial charge in [-0.25, -0.2) is 39.9 Å². The van der Waals surface area contributed by atoms with Gasteiger partial charge in [-0.3, -0.25) is 4.57 Å². The monoisotopic (exact) mass is 1840 g/mol. The van der Waals surface area contributed by atoms with Crippen LogP contribution in [0.15, 0.2) is 479 Å². The average molecular weight is 1840 g/mol. The first-order chi connectivity index (χ1) is 71.9. The zero-order valence-corrected chi connectivity index (χ0v) is 78.0. The van der Waals surface area contributed by atoms with Crippen LogP contribution in [-0.4, -0.2) is 53.6 Å². The third-order valence-electron chi connectivity index (χ3n) is 29.7. The molecule has 0 atom stereocenters. The molecule has 26 aromatic carbocycles. The van der Waals surface area contributed by atoms with Crippen molar-refractivity contribution in [1.29, 1.82) is 0 Å². The van der Waals surface area contributed by atoms with Gasteiger partial charge in [0, 0.05) is 104 Å². The number of nitrogens with zero attached hydrogens (tertiary/aromatic N) is 11. The Kier molecular flexibility index (Phi) is 18.2. The van der Waals surface area contributed by atoms with E-state index >= 15 is 0 Å². The quantitative estimate of drug-likeness (QED) is 0.0827. The van der Waals surface area contributed by atoms with Gasteiger partial charge in [-0.15, -0.1) is 0 Å². The molecule has 6 heterocycles. The maximum absolute atomic E-state index is 5.34. The second-order valence-electron chi connectivity index (χ2n) is 37.9. The van der Waals surface area contributed by atoms with Gasteiger partial charge in [0.2, 0.25) is 5.95 Å². The predicted molar refractivity (Wildman–Crippen MR) is 601 cm³/mol. The van der Waals surface area contributed by atoms with Gasteiger partial charge >= 0.3 is 0 Å². The van der Waals surface area contributed by atoms with E-state index < -0.39 is 0 Å². The number of aromatic nitrogens is 11. The van der Waals surface area contributed by atoms with E-state index in [1.54, 1.807) is 0 Å². The molecule has 11 heteroatoms. The van der Waals surface area contributed by atoms with Crippen molar-refractivity contribution in [3.63, 3.8) is 0 Å². The number of hydrogen-bond donors (Lipinski definition) is 0. The largest absolute Gasteiger partial charge is 0.309 e. The van der Waals surface area contributed by atoms with E-state index in [9.17, 15) is 0 Å². The van der Waals surface area contributed by atoms with Crippen LogP contribution in [0, 0.1) is 0 Å². The molecule has 0 amide bonds. The summed E-state index contributed by atoms with van der Waals surface area (Å²) >= 11 is 0. The molecule has 0 aliphatic rings. The van der Waals surface area contributed by atoms with Crippen molar-refractivity contribution >= 4 is 173 Å². The van der Waals surface area contributed by atoms with Crippen molar-refractivity contribution in [3.05, 3.63) is 479 Å². The van der Waals surface area contributed by atoms with Crippen LogP contribution in [0.2, 0.25) is 0 Å². The Morgan fingerprint density at radius 3 is 0.793 bits per heavy atom. The molecule has 32 aromatic rings. The predicted octanol–water partition coefficient (Wildman–Crippen LogP) is 34.3. The molecule has 11 nitrogen and oxygen atoms in total. The minimum atomic E-state index is 0.639. The molecule has 0 N–H and O–H groups in total. The van der Waals surface area contributed by atoms with E-state index in [1.165, 1.54) is 185 Å². The van der Waals surface area contributed by atoms with Gasteiger partial charge < -0.3 is 9.13 Å². The normalized spacial score (nSPS) is 12.0. The molecule has 0 fully saturated rings. The Labute approximate surface area is 830 Å². The molecule has 0 bridgehead atoms. The number of fused-ring (bicyclic) bond motifs is 4. The number of rotatable bonds is 13. The molecule has 0 unspecified atom stereocenters. The van der Waals surface area contributed by atoms with E-state index in [2.05, 4.69) is 366 Å². The van der Waals surface area contributed by atoms with Gasteiger partial charge in [0.25, 0.3) is 0 Å². The Hall–Kier alpha value is -19.6. The lowest BCUT2D eigenvalue weighted by Crippen LogP contribution is -2.03. The van der Waals surface area contributed by atoms with E-state index in [4.69, 9.17) is 39.9 Å². The average Bonchev–Trinajstić information content (AvgIpc) is 1.54. The van der Waals surface area contributed by atoms with Crippen molar-refractivity contribution in [2.75, 3.05) is 0 Å². The van der Waals surface area contributed by atoms with Gasteiger partial charge in [0.15, 0.2) is 34.9 Å². The summed E-state index contributed by atoms with van der Waals surface area (Å²) in [6.07, 6.45) is 0. The SMILES string of the molecule is c1ccc(-c2cc3c4cccc5ccc6ccc7c(c6c54)c3c(c2)n7-c2ccc(-c3nc(-c4ccccc4)nc(-c4ccccc4)n3)cc2)cc1.c1ccc(-c2cc3c4cccc5ccc6ccc7c(c6c54)c3c(c2)n7-c2cccc(-c3nc(-c4ccccc4)nc(-c4ccccc4)n3)c2)cc1.c1ccc(-c2cc3c4cccc5ccc6ccc7c(c6c54)c3c(c2)n7-c2nc(-c3ccccc3)c3ccccc3n2)cc1. The van der Waals surface area contributed by atoms with Gasteiger partial charge in [-0.05, 0) is 211 Å². The number of hydrogen-bond acceptors (Lipinski definition) is 8. The highest BCUT2D eigenvalue weighted by atomic mass is 15.2. The summed E-state index contributed by atoms with van der Waals surface area (Å²) in [7, 11) is 0. The standard InChI is InChI=1S/2C47H28N4.C40H23N3/c1-4-12-29(13-5-1)35-27-38-37-21-11-18-30-22-23-31-24-25-39-44(42(31)41(30)37)43(38)40(28-35)51(39)36-20-10-19-34(26-36)47-49-45(32-14-6-2-7-15-32)48-46(50-47)33-16-8-3-9-17-33;1-4-11-29(12-5-1)35-27-38-37-18-10-17-30-19-20-31-23-26-39-44(42(31)41(30)37)43(38)40(28-35)51(39)36-24-21-34(22-25-36)47-49-45(32-13-6-2-7-14-32)48-46(50-47)33-15-8-3-9-16-33;1-3-10-24(11-4-1)28-22-31-29-16-9-14-25-18-19-26-20-21-33-38(36(26)35(25)29)37(31)34(23-28)43(33)40-41-32-17-8-7-15-30(32)39(42-40)27-12-5-2-6-13-27/h2*1-28H;1-23H. The molecular weight excluding hydrogens is 1760 g/mol. The van der Waals surface area contributed by atoms with E-state index in [1.807, 2.05) is 127 Å². The molecule has 0 radical (unpaired) electrons. The van der Waals surface area contributed by atoms with Crippen LogP contribution in [0.3, 0.4) is 0 Å². The number of benzene rings is 26. The topological polar surface area (TPSA) is 118 Å². The molecule has 0 saturated carbocycles. The van der Waals surface area contributed by atoms with Gasteiger partial charge in [-0.1, -0.05) is 382 Å². The minimum absolute atomic E-state index is 0.639. The maximum atomic E-state index is 5.34.